The number of nitro groups is 1. The molecule has 1 aromatic heterocycles. The van der Waals surface area contributed by atoms with Gasteiger partial charge < -0.3 is 4.90 Å². The predicted molar refractivity (Wildman–Crippen MR) is 78.2 cm³/mol. The Morgan fingerprint density at radius 3 is 2.52 bits per heavy atom. The highest BCUT2D eigenvalue weighted by molar-refractivity contribution is 5.61. The summed E-state index contributed by atoms with van der Waals surface area (Å²) in [5.41, 5.74) is 0.545. The number of rotatable bonds is 4. The van der Waals surface area contributed by atoms with E-state index in [9.17, 15) is 10.1 Å². The molecule has 1 atom stereocenters. The average molecular weight is 292 g/mol. The van der Waals surface area contributed by atoms with Crippen LogP contribution >= 0.6 is 0 Å². The first-order chi connectivity index (χ1) is 9.99. The summed E-state index contributed by atoms with van der Waals surface area (Å²) in [6, 6.07) is 2.10. The van der Waals surface area contributed by atoms with Gasteiger partial charge in [-0.15, -0.1) is 0 Å². The van der Waals surface area contributed by atoms with Gasteiger partial charge in [-0.2, -0.15) is 10.4 Å². The molecule has 1 aromatic rings. The van der Waals surface area contributed by atoms with E-state index in [2.05, 4.69) is 16.1 Å². The molecule has 2 heterocycles. The highest BCUT2D eigenvalue weighted by Crippen LogP contribution is 2.32. The van der Waals surface area contributed by atoms with E-state index in [-0.39, 0.29) is 16.7 Å². The van der Waals surface area contributed by atoms with Crippen molar-refractivity contribution < 1.29 is 4.92 Å². The van der Waals surface area contributed by atoms with Crippen molar-refractivity contribution in [2.75, 3.05) is 31.1 Å². The second-order valence-electron chi connectivity index (χ2n) is 5.16. The van der Waals surface area contributed by atoms with Gasteiger partial charge in [0.25, 0.3) is 0 Å². The van der Waals surface area contributed by atoms with Gasteiger partial charge in [0.15, 0.2) is 0 Å². The Balaban J connectivity index is 2.24. The van der Waals surface area contributed by atoms with Crippen LogP contribution in [-0.2, 0) is 6.54 Å². The van der Waals surface area contributed by atoms with Gasteiger partial charge in [0.1, 0.15) is 5.69 Å². The monoisotopic (exact) mass is 292 g/mol. The van der Waals surface area contributed by atoms with Crippen LogP contribution in [0.4, 0.5) is 11.5 Å². The summed E-state index contributed by atoms with van der Waals surface area (Å²) < 4.78 is 1.69. The standard InChI is InChI=1S/C13H20N6O2/c1-4-18-13(12(19(20)21)11(3)15-18)17-7-5-16(6-8-17)10(2)9-14/h10H,4-8H2,1-3H3. The van der Waals surface area contributed by atoms with E-state index in [1.165, 1.54) is 0 Å². The topological polar surface area (TPSA) is 91.2 Å². The minimum absolute atomic E-state index is 0.0960. The van der Waals surface area contributed by atoms with Gasteiger partial charge in [-0.3, -0.25) is 15.0 Å². The van der Waals surface area contributed by atoms with E-state index < -0.39 is 0 Å². The number of anilines is 1. The Kier molecular flexibility index (Phi) is 4.43. The normalized spacial score (nSPS) is 17.5. The zero-order chi connectivity index (χ0) is 15.6. The van der Waals surface area contributed by atoms with Crippen LogP contribution in [-0.4, -0.2) is 51.8 Å². The molecule has 21 heavy (non-hydrogen) atoms. The Morgan fingerprint density at radius 2 is 2.05 bits per heavy atom. The molecule has 0 aliphatic carbocycles. The summed E-state index contributed by atoms with van der Waals surface area (Å²) in [5.74, 6) is 0.587. The van der Waals surface area contributed by atoms with E-state index in [0.717, 1.165) is 13.1 Å². The van der Waals surface area contributed by atoms with Gasteiger partial charge in [-0.1, -0.05) is 0 Å². The largest absolute Gasteiger partial charge is 0.349 e. The molecule has 0 radical (unpaired) electrons. The van der Waals surface area contributed by atoms with Crippen molar-refractivity contribution in [2.45, 2.75) is 33.4 Å². The summed E-state index contributed by atoms with van der Waals surface area (Å²) in [7, 11) is 0. The zero-order valence-corrected chi connectivity index (χ0v) is 12.6. The third kappa shape index (κ3) is 2.83. The second-order valence-corrected chi connectivity index (χ2v) is 5.16. The Bertz CT molecular complexity index is 568. The molecular weight excluding hydrogens is 272 g/mol. The molecule has 0 N–H and O–H groups in total. The number of aromatic nitrogens is 2. The number of piperazine rings is 1. The fraction of sp³-hybridized carbons (Fsp3) is 0.692. The molecule has 1 saturated heterocycles. The number of aryl methyl sites for hydroxylation is 2. The molecule has 0 spiro atoms. The minimum Gasteiger partial charge on any atom is -0.349 e. The van der Waals surface area contributed by atoms with E-state index in [0.29, 0.717) is 31.1 Å². The summed E-state index contributed by atoms with van der Waals surface area (Å²) in [5, 5.41) is 24.5. The highest BCUT2D eigenvalue weighted by Gasteiger charge is 2.31. The average Bonchev–Trinajstić information content (AvgIpc) is 2.83. The molecule has 8 heteroatoms. The summed E-state index contributed by atoms with van der Waals surface area (Å²) in [6.07, 6.45) is 0. The number of hydrogen-bond donors (Lipinski definition) is 0. The summed E-state index contributed by atoms with van der Waals surface area (Å²) in [4.78, 5) is 15.0. The van der Waals surface area contributed by atoms with E-state index >= 15 is 0 Å². The van der Waals surface area contributed by atoms with Crippen LogP contribution in [0.1, 0.15) is 19.5 Å². The third-order valence-electron chi connectivity index (χ3n) is 3.90. The minimum atomic E-state index is -0.353. The Labute approximate surface area is 123 Å². The molecule has 8 nitrogen and oxygen atoms in total. The molecule has 0 bridgehead atoms. The summed E-state index contributed by atoms with van der Waals surface area (Å²) >= 11 is 0. The van der Waals surface area contributed by atoms with Gasteiger partial charge in [-0.25, -0.2) is 4.68 Å². The van der Waals surface area contributed by atoms with Gasteiger partial charge in [0, 0.05) is 32.7 Å². The van der Waals surface area contributed by atoms with Crippen molar-refractivity contribution in [3.63, 3.8) is 0 Å². The van der Waals surface area contributed by atoms with Crippen molar-refractivity contribution >= 4 is 11.5 Å². The van der Waals surface area contributed by atoms with Crippen molar-refractivity contribution in [1.29, 1.82) is 5.26 Å². The van der Waals surface area contributed by atoms with Crippen molar-refractivity contribution in [3.05, 3.63) is 15.8 Å². The molecule has 1 aliphatic rings. The maximum atomic E-state index is 11.3. The molecule has 1 fully saturated rings. The lowest BCUT2D eigenvalue weighted by molar-refractivity contribution is -0.384. The molecule has 0 aromatic carbocycles. The smallest absolute Gasteiger partial charge is 0.333 e. The van der Waals surface area contributed by atoms with Gasteiger partial charge in [0.05, 0.1) is 17.0 Å². The maximum Gasteiger partial charge on any atom is 0.333 e. The van der Waals surface area contributed by atoms with Crippen LogP contribution in [0.3, 0.4) is 0 Å². The van der Waals surface area contributed by atoms with Crippen LogP contribution in [0.2, 0.25) is 0 Å². The molecule has 1 aliphatic heterocycles. The number of hydrogen-bond acceptors (Lipinski definition) is 6. The number of nitrogens with zero attached hydrogens (tertiary/aromatic N) is 6. The first-order valence-corrected chi connectivity index (χ1v) is 7.10. The third-order valence-corrected chi connectivity index (χ3v) is 3.90. The van der Waals surface area contributed by atoms with Crippen LogP contribution < -0.4 is 4.90 Å². The maximum absolute atomic E-state index is 11.3. The Hall–Kier alpha value is -2.14. The lowest BCUT2D eigenvalue weighted by atomic mass is 10.2. The van der Waals surface area contributed by atoms with Gasteiger partial charge >= 0.3 is 5.69 Å². The molecule has 1 unspecified atom stereocenters. The van der Waals surface area contributed by atoms with Crippen molar-refractivity contribution in [2.24, 2.45) is 0 Å². The first-order valence-electron chi connectivity index (χ1n) is 7.10. The molecule has 0 amide bonds. The van der Waals surface area contributed by atoms with E-state index in [4.69, 9.17) is 5.26 Å². The van der Waals surface area contributed by atoms with Gasteiger partial charge in [-0.05, 0) is 20.8 Å². The van der Waals surface area contributed by atoms with Crippen LogP contribution in [0.15, 0.2) is 0 Å². The zero-order valence-electron chi connectivity index (χ0n) is 12.6. The fourth-order valence-corrected chi connectivity index (χ4v) is 2.71. The lowest BCUT2D eigenvalue weighted by Crippen LogP contribution is -2.49. The SMILES string of the molecule is CCn1nc(C)c([N+](=O)[O-])c1N1CCN(C(C)C#N)CC1. The van der Waals surface area contributed by atoms with E-state index in [1.807, 2.05) is 18.7 Å². The molecule has 2 rings (SSSR count). The van der Waals surface area contributed by atoms with E-state index in [1.54, 1.807) is 11.6 Å². The highest BCUT2D eigenvalue weighted by atomic mass is 16.6. The first kappa shape index (κ1) is 15.3. The van der Waals surface area contributed by atoms with Crippen molar-refractivity contribution in [3.8, 4) is 6.07 Å². The quantitative estimate of drug-likeness (QED) is 0.610. The molecule has 0 saturated carbocycles. The predicted octanol–water partition coefficient (Wildman–Crippen LogP) is 1.15. The Morgan fingerprint density at radius 1 is 1.43 bits per heavy atom. The second kappa shape index (κ2) is 6.10. The molecular formula is C13H20N6O2. The molecule has 114 valence electrons. The van der Waals surface area contributed by atoms with Crippen molar-refractivity contribution in [1.82, 2.24) is 14.7 Å². The van der Waals surface area contributed by atoms with Crippen LogP contribution in [0.25, 0.3) is 0 Å². The lowest BCUT2D eigenvalue weighted by Gasteiger charge is -2.36. The fourth-order valence-electron chi connectivity index (χ4n) is 2.71. The van der Waals surface area contributed by atoms with Crippen LogP contribution in [0, 0.1) is 28.4 Å². The summed E-state index contributed by atoms with van der Waals surface area (Å²) in [6.45, 7) is 8.84. The van der Waals surface area contributed by atoms with Crippen LogP contribution in [0.5, 0.6) is 0 Å². The number of nitriles is 1. The van der Waals surface area contributed by atoms with Gasteiger partial charge in [0.2, 0.25) is 5.82 Å².